The smallest absolute Gasteiger partial charge is 0.337 e. The van der Waals surface area contributed by atoms with Crippen LogP contribution in [0.15, 0.2) is 22.7 Å². The van der Waals surface area contributed by atoms with Crippen LogP contribution in [0.4, 0.5) is 10.5 Å². The maximum atomic E-state index is 11.8. The molecule has 1 rings (SSSR count). The predicted molar refractivity (Wildman–Crippen MR) is 76.5 cm³/mol. The number of benzene rings is 1. The lowest BCUT2D eigenvalue weighted by Crippen LogP contribution is -2.54. The van der Waals surface area contributed by atoms with Gasteiger partial charge < -0.3 is 21.5 Å². The maximum Gasteiger partial charge on any atom is 0.337 e. The number of hydrogen-bond acceptors (Lipinski definition) is 3. The topological polar surface area (TPSA) is 122 Å². The van der Waals surface area contributed by atoms with E-state index in [2.05, 4.69) is 26.6 Å². The summed E-state index contributed by atoms with van der Waals surface area (Å²) in [4.78, 5) is 33.9. The van der Waals surface area contributed by atoms with Crippen molar-refractivity contribution in [3.05, 3.63) is 28.2 Å². The highest BCUT2D eigenvalue weighted by Gasteiger charge is 2.27. The lowest BCUT2D eigenvalue weighted by Gasteiger charge is -2.22. The van der Waals surface area contributed by atoms with Crippen LogP contribution in [-0.2, 0) is 4.79 Å². The molecule has 0 radical (unpaired) electrons. The van der Waals surface area contributed by atoms with Crippen molar-refractivity contribution in [2.75, 3.05) is 5.32 Å². The first-order valence-corrected chi connectivity index (χ1v) is 6.34. The van der Waals surface area contributed by atoms with Crippen molar-refractivity contribution in [3.8, 4) is 0 Å². The molecule has 0 unspecified atom stereocenters. The molecule has 7 nitrogen and oxygen atoms in total. The van der Waals surface area contributed by atoms with Crippen LogP contribution < -0.4 is 16.4 Å². The van der Waals surface area contributed by atoms with E-state index in [4.69, 9.17) is 10.8 Å². The van der Waals surface area contributed by atoms with Gasteiger partial charge in [0.25, 0.3) is 0 Å². The highest BCUT2D eigenvalue weighted by molar-refractivity contribution is 9.10. The number of primary amides is 1. The van der Waals surface area contributed by atoms with Crippen molar-refractivity contribution >= 4 is 39.5 Å². The monoisotopic (exact) mass is 343 g/mol. The molecule has 0 saturated heterocycles. The standard InChI is InChI=1S/C12H14BrN3O4/c1-12(2,10(14)19)16-11(20)15-8-4-3-6(13)5-7(8)9(17)18/h3-5H,1-2H3,(H2,14,19)(H,17,18)(H2,15,16,20). The molecule has 20 heavy (non-hydrogen) atoms. The van der Waals surface area contributed by atoms with Gasteiger partial charge in [0.2, 0.25) is 5.91 Å². The Balaban J connectivity index is 2.92. The molecule has 5 N–H and O–H groups in total. The fraction of sp³-hybridized carbons (Fsp3) is 0.250. The first kappa shape index (κ1) is 16.0. The van der Waals surface area contributed by atoms with Gasteiger partial charge in [0.1, 0.15) is 5.54 Å². The Morgan fingerprint density at radius 3 is 2.40 bits per heavy atom. The van der Waals surface area contributed by atoms with E-state index in [1.807, 2.05) is 0 Å². The van der Waals surface area contributed by atoms with Crippen LogP contribution in [0.2, 0.25) is 0 Å². The molecule has 0 aliphatic rings. The highest BCUT2D eigenvalue weighted by Crippen LogP contribution is 2.21. The first-order valence-electron chi connectivity index (χ1n) is 5.55. The molecule has 1 aromatic carbocycles. The molecule has 0 atom stereocenters. The van der Waals surface area contributed by atoms with Crippen molar-refractivity contribution in [1.82, 2.24) is 5.32 Å². The lowest BCUT2D eigenvalue weighted by atomic mass is 10.1. The number of carbonyl (C=O) groups is 3. The van der Waals surface area contributed by atoms with Gasteiger partial charge in [0.15, 0.2) is 0 Å². The van der Waals surface area contributed by atoms with Crippen LogP contribution in [0, 0.1) is 0 Å². The minimum Gasteiger partial charge on any atom is -0.478 e. The number of hydrogen-bond donors (Lipinski definition) is 4. The number of carbonyl (C=O) groups excluding carboxylic acids is 2. The average molecular weight is 344 g/mol. The molecule has 108 valence electrons. The molecule has 8 heteroatoms. The van der Waals surface area contributed by atoms with Crippen molar-refractivity contribution in [1.29, 1.82) is 0 Å². The van der Waals surface area contributed by atoms with Gasteiger partial charge in [-0.15, -0.1) is 0 Å². The molecular formula is C12H14BrN3O4. The van der Waals surface area contributed by atoms with Gasteiger partial charge in [0, 0.05) is 4.47 Å². The van der Waals surface area contributed by atoms with Crippen LogP contribution in [0.1, 0.15) is 24.2 Å². The second-order valence-electron chi connectivity index (χ2n) is 4.56. The quantitative estimate of drug-likeness (QED) is 0.662. The van der Waals surface area contributed by atoms with Gasteiger partial charge >= 0.3 is 12.0 Å². The van der Waals surface area contributed by atoms with E-state index in [0.717, 1.165) is 0 Å². The van der Waals surface area contributed by atoms with E-state index in [1.165, 1.54) is 26.0 Å². The van der Waals surface area contributed by atoms with Gasteiger partial charge in [-0.1, -0.05) is 15.9 Å². The molecule has 0 bridgehead atoms. The summed E-state index contributed by atoms with van der Waals surface area (Å²) < 4.78 is 0.568. The summed E-state index contributed by atoms with van der Waals surface area (Å²) in [6.45, 7) is 2.88. The Morgan fingerprint density at radius 1 is 1.30 bits per heavy atom. The van der Waals surface area contributed by atoms with Crippen LogP contribution in [-0.4, -0.2) is 28.6 Å². The summed E-state index contributed by atoms with van der Waals surface area (Å²) in [5.41, 5.74) is 3.91. The Morgan fingerprint density at radius 2 is 1.90 bits per heavy atom. The normalized spacial score (nSPS) is 10.8. The number of nitrogens with one attached hydrogen (secondary N) is 2. The van der Waals surface area contributed by atoms with Gasteiger partial charge in [-0.05, 0) is 32.0 Å². The first-order chi connectivity index (χ1) is 9.13. The Labute approximate surface area is 123 Å². The number of halogens is 1. The fourth-order valence-electron chi connectivity index (χ4n) is 1.30. The van der Waals surface area contributed by atoms with Crippen LogP contribution in [0.25, 0.3) is 0 Å². The maximum absolute atomic E-state index is 11.8. The predicted octanol–water partition coefficient (Wildman–Crippen LogP) is 1.53. The summed E-state index contributed by atoms with van der Waals surface area (Å²) >= 11 is 3.15. The second kappa shape index (κ2) is 5.91. The highest BCUT2D eigenvalue weighted by atomic mass is 79.9. The molecule has 0 heterocycles. The van der Waals surface area contributed by atoms with Crippen molar-refractivity contribution in [2.45, 2.75) is 19.4 Å². The molecule has 0 aromatic heterocycles. The minimum atomic E-state index is -1.25. The number of aromatic carboxylic acids is 1. The number of carboxylic acid groups (broad SMARTS) is 1. The molecule has 0 aliphatic carbocycles. The van der Waals surface area contributed by atoms with E-state index in [1.54, 1.807) is 6.07 Å². The van der Waals surface area contributed by atoms with Crippen LogP contribution >= 0.6 is 15.9 Å². The van der Waals surface area contributed by atoms with Crippen LogP contribution in [0.3, 0.4) is 0 Å². The Kier molecular flexibility index (Phi) is 4.72. The number of nitrogens with two attached hydrogens (primary N) is 1. The molecule has 0 fully saturated rings. The molecule has 3 amide bonds. The Bertz CT molecular complexity index is 572. The van der Waals surface area contributed by atoms with Crippen LogP contribution in [0.5, 0.6) is 0 Å². The van der Waals surface area contributed by atoms with E-state index in [-0.39, 0.29) is 11.3 Å². The third-order valence-corrected chi connectivity index (χ3v) is 3.00. The van der Waals surface area contributed by atoms with Gasteiger partial charge in [-0.3, -0.25) is 4.79 Å². The van der Waals surface area contributed by atoms with E-state index in [0.29, 0.717) is 4.47 Å². The van der Waals surface area contributed by atoms with Gasteiger partial charge in [-0.2, -0.15) is 0 Å². The molecule has 0 spiro atoms. The molecular weight excluding hydrogens is 330 g/mol. The third kappa shape index (κ3) is 3.95. The molecule has 1 aromatic rings. The zero-order chi connectivity index (χ0) is 15.5. The third-order valence-electron chi connectivity index (χ3n) is 2.50. The largest absolute Gasteiger partial charge is 0.478 e. The minimum absolute atomic E-state index is 0.0774. The van der Waals surface area contributed by atoms with E-state index >= 15 is 0 Å². The van der Waals surface area contributed by atoms with Crippen molar-refractivity contribution in [3.63, 3.8) is 0 Å². The van der Waals surface area contributed by atoms with E-state index < -0.39 is 23.4 Å². The molecule has 0 aliphatic heterocycles. The summed E-state index contributed by atoms with van der Waals surface area (Å²) in [7, 11) is 0. The summed E-state index contributed by atoms with van der Waals surface area (Å²) in [5, 5.41) is 13.8. The SMILES string of the molecule is CC(C)(NC(=O)Nc1ccc(Br)cc1C(=O)O)C(N)=O. The molecule has 0 saturated carbocycles. The van der Waals surface area contributed by atoms with E-state index in [9.17, 15) is 14.4 Å². The zero-order valence-corrected chi connectivity index (χ0v) is 12.4. The summed E-state index contributed by atoms with van der Waals surface area (Å²) in [6, 6.07) is 3.65. The fourth-order valence-corrected chi connectivity index (χ4v) is 1.66. The summed E-state index contributed by atoms with van der Waals surface area (Å²) in [6.07, 6.45) is 0. The average Bonchev–Trinajstić information content (AvgIpc) is 2.30. The number of urea groups is 1. The lowest BCUT2D eigenvalue weighted by molar-refractivity contribution is -0.122. The van der Waals surface area contributed by atoms with Gasteiger partial charge in [0.05, 0.1) is 11.3 Å². The van der Waals surface area contributed by atoms with Crippen molar-refractivity contribution < 1.29 is 19.5 Å². The zero-order valence-electron chi connectivity index (χ0n) is 10.9. The van der Waals surface area contributed by atoms with Gasteiger partial charge in [-0.25, -0.2) is 9.59 Å². The number of anilines is 1. The number of amides is 3. The second-order valence-corrected chi connectivity index (χ2v) is 5.48. The van der Waals surface area contributed by atoms with Crippen molar-refractivity contribution in [2.24, 2.45) is 5.73 Å². The number of rotatable bonds is 4. The number of carboxylic acids is 1. The summed E-state index contributed by atoms with van der Waals surface area (Å²) in [5.74, 6) is -1.89. The Hall–Kier alpha value is -2.09.